The standard InChI is InChI=1S/C63H47N3/c1-7-21-44(22-8-1)45-37-39-47(40-38-45)57-43-56(46-23-9-2-10-24-46)64-63(65-57)55-36-20-34-53(42-55)52-33-19-35-54(41-52)58-59(48-25-11-3-12-26-48)61(50-29-15-5-16-30-50)66-62(51-31-17-6-18-32-51)60(58)49-27-13-4-14-28-49/h1-43,57,63-65H. The molecule has 0 saturated carbocycles. The normalized spacial score (nSPS) is 14.5. The molecule has 0 aliphatic carbocycles. The Kier molecular flexibility index (Phi) is 11.3. The van der Waals surface area contributed by atoms with Crippen LogP contribution in [0.3, 0.4) is 0 Å². The molecule has 3 nitrogen and oxygen atoms in total. The van der Waals surface area contributed by atoms with Crippen molar-refractivity contribution < 1.29 is 0 Å². The molecule has 0 fully saturated rings. The van der Waals surface area contributed by atoms with Crippen molar-refractivity contribution in [2.75, 3.05) is 0 Å². The quantitative estimate of drug-likeness (QED) is 0.144. The molecule has 0 radical (unpaired) electrons. The molecule has 0 amide bonds. The number of hydrogen-bond donors (Lipinski definition) is 2. The van der Waals surface area contributed by atoms with Gasteiger partial charge >= 0.3 is 0 Å². The van der Waals surface area contributed by atoms with E-state index in [2.05, 4.69) is 271 Å². The van der Waals surface area contributed by atoms with Crippen LogP contribution in [0.4, 0.5) is 0 Å². The molecule has 1 aromatic heterocycles. The van der Waals surface area contributed by atoms with Gasteiger partial charge in [0.25, 0.3) is 0 Å². The van der Waals surface area contributed by atoms with E-state index in [9.17, 15) is 0 Å². The molecule has 1 aliphatic heterocycles. The number of pyridine rings is 1. The highest BCUT2D eigenvalue weighted by Crippen LogP contribution is 2.49. The maximum Gasteiger partial charge on any atom is 0.104 e. The zero-order valence-electron chi connectivity index (χ0n) is 36.4. The molecule has 0 spiro atoms. The predicted molar refractivity (Wildman–Crippen MR) is 275 cm³/mol. The summed E-state index contributed by atoms with van der Waals surface area (Å²) < 4.78 is 0. The van der Waals surface area contributed by atoms with Gasteiger partial charge in [-0.15, -0.1) is 0 Å². The smallest absolute Gasteiger partial charge is 0.104 e. The van der Waals surface area contributed by atoms with Gasteiger partial charge in [0, 0.05) is 33.5 Å². The molecule has 0 saturated heterocycles. The molecule has 10 aromatic rings. The lowest BCUT2D eigenvalue weighted by atomic mass is 9.82. The van der Waals surface area contributed by atoms with E-state index in [1.165, 1.54) is 16.7 Å². The Morgan fingerprint density at radius 3 is 1.23 bits per heavy atom. The molecule has 66 heavy (non-hydrogen) atoms. The van der Waals surface area contributed by atoms with Gasteiger partial charge in [-0.1, -0.05) is 243 Å². The van der Waals surface area contributed by atoms with Gasteiger partial charge in [0.1, 0.15) is 6.17 Å². The second-order valence-corrected chi connectivity index (χ2v) is 16.8. The van der Waals surface area contributed by atoms with Gasteiger partial charge in [0.15, 0.2) is 0 Å². The highest BCUT2D eigenvalue weighted by Gasteiger charge is 2.27. The van der Waals surface area contributed by atoms with Crippen molar-refractivity contribution in [2.45, 2.75) is 12.2 Å². The predicted octanol–water partition coefficient (Wildman–Crippen LogP) is 15.7. The Hall–Kier alpha value is -8.37. The summed E-state index contributed by atoms with van der Waals surface area (Å²) >= 11 is 0. The topological polar surface area (TPSA) is 37.0 Å². The van der Waals surface area contributed by atoms with Crippen LogP contribution in [-0.4, -0.2) is 4.98 Å². The number of hydrogen-bond acceptors (Lipinski definition) is 3. The van der Waals surface area contributed by atoms with E-state index in [4.69, 9.17) is 4.98 Å². The zero-order chi connectivity index (χ0) is 44.1. The van der Waals surface area contributed by atoms with Crippen molar-refractivity contribution in [3.05, 3.63) is 278 Å². The minimum atomic E-state index is -0.149. The average Bonchev–Trinajstić information content (AvgIpc) is 3.41. The van der Waals surface area contributed by atoms with Gasteiger partial charge in [0.05, 0.1) is 17.4 Å². The van der Waals surface area contributed by atoms with Crippen LogP contribution in [0.2, 0.25) is 0 Å². The molecule has 1 aliphatic rings. The van der Waals surface area contributed by atoms with Crippen LogP contribution in [0, 0.1) is 0 Å². The van der Waals surface area contributed by atoms with E-state index >= 15 is 0 Å². The van der Waals surface area contributed by atoms with Crippen molar-refractivity contribution in [3.8, 4) is 78.1 Å². The van der Waals surface area contributed by atoms with Crippen LogP contribution < -0.4 is 10.6 Å². The molecular weight excluding hydrogens is 799 g/mol. The number of nitrogens with one attached hydrogen (secondary N) is 2. The second-order valence-electron chi connectivity index (χ2n) is 16.8. The lowest BCUT2D eigenvalue weighted by Gasteiger charge is -2.33. The molecule has 2 atom stereocenters. The minimum Gasteiger partial charge on any atom is -0.366 e. The summed E-state index contributed by atoms with van der Waals surface area (Å²) in [6, 6.07) is 91.0. The summed E-state index contributed by atoms with van der Waals surface area (Å²) in [7, 11) is 0. The molecule has 9 aromatic carbocycles. The molecule has 2 unspecified atom stereocenters. The van der Waals surface area contributed by atoms with E-state index < -0.39 is 0 Å². The minimum absolute atomic E-state index is 0.0135. The first-order chi connectivity index (χ1) is 32.7. The lowest BCUT2D eigenvalue weighted by Crippen LogP contribution is -2.39. The third kappa shape index (κ3) is 8.28. The first kappa shape index (κ1) is 40.4. The first-order valence-corrected chi connectivity index (χ1v) is 22.7. The third-order valence-electron chi connectivity index (χ3n) is 12.6. The molecule has 2 N–H and O–H groups in total. The van der Waals surface area contributed by atoms with Gasteiger partial charge in [-0.3, -0.25) is 5.32 Å². The number of aromatic nitrogens is 1. The fraction of sp³-hybridized carbons (Fsp3) is 0.0317. The van der Waals surface area contributed by atoms with Gasteiger partial charge < -0.3 is 5.32 Å². The van der Waals surface area contributed by atoms with Crippen molar-refractivity contribution in [3.63, 3.8) is 0 Å². The van der Waals surface area contributed by atoms with Gasteiger partial charge in [-0.25, -0.2) is 4.98 Å². The van der Waals surface area contributed by atoms with Crippen molar-refractivity contribution in [1.82, 2.24) is 15.6 Å². The Morgan fingerprint density at radius 1 is 0.288 bits per heavy atom. The monoisotopic (exact) mass is 845 g/mol. The van der Waals surface area contributed by atoms with Crippen LogP contribution in [0.5, 0.6) is 0 Å². The third-order valence-corrected chi connectivity index (χ3v) is 12.6. The van der Waals surface area contributed by atoms with Crippen LogP contribution in [-0.2, 0) is 0 Å². The first-order valence-electron chi connectivity index (χ1n) is 22.7. The van der Waals surface area contributed by atoms with Crippen LogP contribution >= 0.6 is 0 Å². The summed E-state index contributed by atoms with van der Waals surface area (Å²) in [5, 5.41) is 7.84. The van der Waals surface area contributed by atoms with Crippen LogP contribution in [0.15, 0.2) is 261 Å². The molecule has 11 rings (SSSR count). The number of rotatable bonds is 10. The lowest BCUT2D eigenvalue weighted by molar-refractivity contribution is 0.443. The summed E-state index contributed by atoms with van der Waals surface area (Å²) in [6.45, 7) is 0. The van der Waals surface area contributed by atoms with E-state index in [0.717, 1.165) is 83.8 Å². The molecule has 0 bridgehead atoms. The molecule has 2 heterocycles. The number of benzene rings is 9. The van der Waals surface area contributed by atoms with E-state index in [-0.39, 0.29) is 12.2 Å². The van der Waals surface area contributed by atoms with Crippen molar-refractivity contribution in [1.29, 1.82) is 0 Å². The largest absolute Gasteiger partial charge is 0.366 e. The van der Waals surface area contributed by atoms with Crippen LogP contribution in [0.25, 0.3) is 83.8 Å². The maximum absolute atomic E-state index is 5.65. The van der Waals surface area contributed by atoms with Gasteiger partial charge in [0.2, 0.25) is 0 Å². The molecule has 3 heteroatoms. The Morgan fingerprint density at radius 2 is 0.697 bits per heavy atom. The van der Waals surface area contributed by atoms with Gasteiger partial charge in [-0.2, -0.15) is 0 Å². The highest BCUT2D eigenvalue weighted by molar-refractivity contribution is 6.05. The average molecular weight is 846 g/mol. The zero-order valence-corrected chi connectivity index (χ0v) is 36.4. The fourth-order valence-electron chi connectivity index (χ4n) is 9.33. The fourth-order valence-corrected chi connectivity index (χ4v) is 9.33. The SMILES string of the molecule is C1=C(c2ccccc2)NC(c2cccc(-c3cccc(-c4c(-c5ccccc5)c(-c5ccccc5)nc(-c5ccccc5)c4-c4ccccc4)c3)c2)NC1c1ccc(-c2ccccc2)cc1. The maximum atomic E-state index is 5.65. The Balaban J connectivity index is 1.04. The molecular formula is C63H47N3. The Labute approximate surface area is 387 Å². The second kappa shape index (κ2) is 18.4. The Bertz CT molecular complexity index is 3160. The van der Waals surface area contributed by atoms with E-state index in [1.807, 2.05) is 0 Å². The van der Waals surface area contributed by atoms with Crippen molar-refractivity contribution >= 4 is 5.70 Å². The summed E-state index contributed by atoms with van der Waals surface area (Å²) in [4.78, 5) is 5.65. The summed E-state index contributed by atoms with van der Waals surface area (Å²) in [6.07, 6.45) is 2.16. The van der Waals surface area contributed by atoms with Gasteiger partial charge in [-0.05, 0) is 73.8 Å². The van der Waals surface area contributed by atoms with E-state index in [0.29, 0.717) is 0 Å². The highest BCUT2D eigenvalue weighted by atomic mass is 15.2. The molecule has 314 valence electrons. The van der Waals surface area contributed by atoms with Crippen LogP contribution in [0.1, 0.15) is 28.9 Å². The summed E-state index contributed by atoms with van der Waals surface area (Å²) in [5.41, 5.74) is 20.1. The van der Waals surface area contributed by atoms with Crippen molar-refractivity contribution in [2.24, 2.45) is 0 Å². The number of nitrogens with zero attached hydrogens (tertiary/aromatic N) is 1. The summed E-state index contributed by atoms with van der Waals surface area (Å²) in [5.74, 6) is 0. The van der Waals surface area contributed by atoms with E-state index in [1.54, 1.807) is 0 Å².